The van der Waals surface area contributed by atoms with Gasteiger partial charge in [0.15, 0.2) is 0 Å². The van der Waals surface area contributed by atoms with Gasteiger partial charge in [0, 0.05) is 25.0 Å². The van der Waals surface area contributed by atoms with Gasteiger partial charge in [-0.1, -0.05) is 32.6 Å². The lowest BCUT2D eigenvalue weighted by atomic mass is 9.69. The Hall–Kier alpha value is -0.120. The summed E-state index contributed by atoms with van der Waals surface area (Å²) in [5, 5.41) is 10.9. The molecule has 1 aliphatic heterocycles. The molecule has 3 heteroatoms. The van der Waals surface area contributed by atoms with Gasteiger partial charge in [-0.15, -0.1) is 0 Å². The van der Waals surface area contributed by atoms with Crippen LogP contribution in [0.25, 0.3) is 0 Å². The second-order valence-corrected chi connectivity index (χ2v) is 7.94. The van der Waals surface area contributed by atoms with Crippen molar-refractivity contribution in [3.63, 3.8) is 0 Å². The Labute approximate surface area is 130 Å². The monoisotopic (exact) mass is 294 g/mol. The van der Waals surface area contributed by atoms with Crippen LogP contribution in [-0.4, -0.2) is 41.3 Å². The molecule has 1 saturated heterocycles. The number of rotatable bonds is 3. The van der Waals surface area contributed by atoms with Gasteiger partial charge in [-0.25, -0.2) is 0 Å². The molecule has 0 amide bonds. The van der Waals surface area contributed by atoms with Gasteiger partial charge in [0.05, 0.1) is 5.60 Å². The van der Waals surface area contributed by atoms with Crippen LogP contribution in [0.4, 0.5) is 0 Å². The number of piperidine rings is 1. The van der Waals surface area contributed by atoms with E-state index >= 15 is 0 Å². The Balaban J connectivity index is 1.67. The molecule has 1 heterocycles. The predicted octanol–water partition coefficient (Wildman–Crippen LogP) is 2.77. The lowest BCUT2D eigenvalue weighted by Crippen LogP contribution is -2.58. The van der Waals surface area contributed by atoms with E-state index < -0.39 is 0 Å². The zero-order valence-electron chi connectivity index (χ0n) is 13.8. The molecule has 3 rings (SSSR count). The molecule has 0 aromatic rings. The minimum absolute atomic E-state index is 0.341. The first-order chi connectivity index (χ1) is 10.2. The molecule has 0 bridgehead atoms. The van der Waals surface area contributed by atoms with Crippen LogP contribution >= 0.6 is 0 Å². The molecule has 3 N–H and O–H groups in total. The van der Waals surface area contributed by atoms with Crippen LogP contribution in [0.1, 0.15) is 64.7 Å². The normalized spacial score (nSPS) is 45.3. The van der Waals surface area contributed by atoms with E-state index in [1.165, 1.54) is 44.9 Å². The fourth-order valence-electron chi connectivity index (χ4n) is 5.28. The highest BCUT2D eigenvalue weighted by Crippen LogP contribution is 2.42. The maximum Gasteiger partial charge on any atom is 0.0700 e. The highest BCUT2D eigenvalue weighted by atomic mass is 16.3. The summed E-state index contributed by atoms with van der Waals surface area (Å²) < 4.78 is 0. The van der Waals surface area contributed by atoms with Crippen LogP contribution in [0.15, 0.2) is 0 Å². The maximum absolute atomic E-state index is 10.9. The molecule has 2 saturated carbocycles. The molecule has 2 aliphatic carbocycles. The number of nitrogens with zero attached hydrogens (tertiary/aromatic N) is 1. The maximum atomic E-state index is 10.9. The van der Waals surface area contributed by atoms with E-state index in [4.69, 9.17) is 5.73 Å². The molecule has 0 spiro atoms. The van der Waals surface area contributed by atoms with Crippen LogP contribution < -0.4 is 5.73 Å². The highest BCUT2D eigenvalue weighted by molar-refractivity contribution is 4.98. The molecule has 0 radical (unpaired) electrons. The summed E-state index contributed by atoms with van der Waals surface area (Å²) in [4.78, 5) is 2.71. The first kappa shape index (κ1) is 15.8. The lowest BCUT2D eigenvalue weighted by Gasteiger charge is -2.52. The van der Waals surface area contributed by atoms with Crippen LogP contribution in [0.3, 0.4) is 0 Å². The zero-order chi connectivity index (χ0) is 14.9. The number of nitrogens with two attached hydrogens (primary N) is 1. The lowest BCUT2D eigenvalue weighted by molar-refractivity contribution is -0.110. The molecule has 5 unspecified atom stereocenters. The van der Waals surface area contributed by atoms with Crippen molar-refractivity contribution in [3.05, 3.63) is 0 Å². The Morgan fingerprint density at radius 2 is 2.05 bits per heavy atom. The van der Waals surface area contributed by atoms with Crippen molar-refractivity contribution in [3.8, 4) is 0 Å². The fourth-order valence-corrected chi connectivity index (χ4v) is 5.28. The largest absolute Gasteiger partial charge is 0.390 e. The van der Waals surface area contributed by atoms with Crippen LogP contribution in [0.5, 0.6) is 0 Å². The molecule has 0 aromatic carbocycles. The average Bonchev–Trinajstić information content (AvgIpc) is 2.53. The predicted molar refractivity (Wildman–Crippen MR) is 87.1 cm³/mol. The van der Waals surface area contributed by atoms with Crippen LogP contribution in [-0.2, 0) is 0 Å². The molecular weight excluding hydrogens is 260 g/mol. The zero-order valence-corrected chi connectivity index (χ0v) is 13.8. The van der Waals surface area contributed by atoms with Gasteiger partial charge in [0.2, 0.25) is 0 Å². The summed E-state index contributed by atoms with van der Waals surface area (Å²) >= 11 is 0. The summed E-state index contributed by atoms with van der Waals surface area (Å²) in [5.74, 6) is 2.09. The average molecular weight is 294 g/mol. The number of hydrogen-bond donors (Lipinski definition) is 2. The Kier molecular flexibility index (Phi) is 4.92. The quantitative estimate of drug-likeness (QED) is 0.841. The van der Waals surface area contributed by atoms with E-state index in [9.17, 15) is 5.11 Å². The number of hydrogen-bond acceptors (Lipinski definition) is 3. The van der Waals surface area contributed by atoms with Gasteiger partial charge in [-0.05, 0) is 50.5 Å². The van der Waals surface area contributed by atoms with Crippen molar-refractivity contribution in [2.75, 3.05) is 19.6 Å². The second kappa shape index (κ2) is 6.55. The molecule has 122 valence electrons. The van der Waals surface area contributed by atoms with Gasteiger partial charge in [-0.2, -0.15) is 0 Å². The van der Waals surface area contributed by atoms with Gasteiger partial charge in [-0.3, -0.25) is 4.90 Å². The van der Waals surface area contributed by atoms with Crippen LogP contribution in [0.2, 0.25) is 0 Å². The summed E-state index contributed by atoms with van der Waals surface area (Å²) in [5.41, 5.74) is 5.73. The first-order valence-corrected chi connectivity index (χ1v) is 9.32. The van der Waals surface area contributed by atoms with Crippen molar-refractivity contribution in [2.45, 2.75) is 76.4 Å². The van der Waals surface area contributed by atoms with Gasteiger partial charge in [0.1, 0.15) is 0 Å². The van der Waals surface area contributed by atoms with E-state index in [1.54, 1.807) is 0 Å². The highest BCUT2D eigenvalue weighted by Gasteiger charge is 2.45. The van der Waals surface area contributed by atoms with E-state index in [-0.39, 0.29) is 5.60 Å². The van der Waals surface area contributed by atoms with Gasteiger partial charge < -0.3 is 10.8 Å². The van der Waals surface area contributed by atoms with Gasteiger partial charge in [0.25, 0.3) is 0 Å². The fraction of sp³-hybridized carbons (Fsp3) is 1.00. The van der Waals surface area contributed by atoms with Crippen LogP contribution in [0, 0.1) is 17.8 Å². The van der Waals surface area contributed by atoms with E-state index in [2.05, 4.69) is 11.8 Å². The molecule has 21 heavy (non-hydrogen) atoms. The second-order valence-electron chi connectivity index (χ2n) is 7.94. The van der Waals surface area contributed by atoms with Crippen molar-refractivity contribution < 1.29 is 5.11 Å². The van der Waals surface area contributed by atoms with Crippen molar-refractivity contribution >= 4 is 0 Å². The first-order valence-electron chi connectivity index (χ1n) is 9.32. The third-order valence-electron chi connectivity index (χ3n) is 6.87. The molecule has 0 aromatic heterocycles. The molecule has 3 nitrogen and oxygen atoms in total. The van der Waals surface area contributed by atoms with Crippen molar-refractivity contribution in [1.82, 2.24) is 4.90 Å². The molecule has 5 atom stereocenters. The topological polar surface area (TPSA) is 49.5 Å². The summed E-state index contributed by atoms with van der Waals surface area (Å²) in [6, 6.07) is 0.681. The third kappa shape index (κ3) is 3.16. The number of aliphatic hydroxyl groups is 1. The van der Waals surface area contributed by atoms with Crippen molar-refractivity contribution in [2.24, 2.45) is 23.5 Å². The standard InChI is InChI=1S/C18H34N2O/c1-2-14-6-7-15(12-19)17(11-14)20-10-9-18(21)8-4-3-5-16(18)13-20/h14-17,21H,2-13,19H2,1H3. The molecular formula is C18H34N2O. The number of likely N-dealkylation sites (tertiary alicyclic amines) is 1. The Morgan fingerprint density at radius 3 is 2.81 bits per heavy atom. The third-order valence-corrected chi connectivity index (χ3v) is 6.87. The summed E-state index contributed by atoms with van der Waals surface area (Å²) in [6.07, 6.45) is 11.1. The van der Waals surface area contributed by atoms with Gasteiger partial charge >= 0.3 is 0 Å². The minimum atomic E-state index is -0.341. The van der Waals surface area contributed by atoms with E-state index in [0.717, 1.165) is 38.4 Å². The Bertz CT molecular complexity index is 348. The Morgan fingerprint density at radius 1 is 1.19 bits per heavy atom. The van der Waals surface area contributed by atoms with E-state index in [0.29, 0.717) is 17.9 Å². The minimum Gasteiger partial charge on any atom is -0.390 e. The SMILES string of the molecule is CCC1CCC(CN)C(N2CCC3(O)CCCCC3C2)C1. The molecule has 3 aliphatic rings. The molecule has 3 fully saturated rings. The van der Waals surface area contributed by atoms with E-state index in [1.807, 2.05) is 0 Å². The number of fused-ring (bicyclic) bond motifs is 1. The van der Waals surface area contributed by atoms with Crippen molar-refractivity contribution in [1.29, 1.82) is 0 Å². The smallest absolute Gasteiger partial charge is 0.0700 e. The summed E-state index contributed by atoms with van der Waals surface area (Å²) in [6.45, 7) is 5.38. The summed E-state index contributed by atoms with van der Waals surface area (Å²) in [7, 11) is 0.